The number of hydrogen-bond acceptors (Lipinski definition) is 4. The lowest BCUT2D eigenvalue weighted by Gasteiger charge is -2.24. The molecule has 1 fully saturated rings. The SMILES string of the molecule is COc1cccc(C2SCCN2C(=O)c2ccsc2)c1. The van der Waals surface area contributed by atoms with E-state index in [2.05, 4.69) is 6.07 Å². The number of methoxy groups -OCH3 is 1. The molecule has 2 heterocycles. The van der Waals surface area contributed by atoms with Crippen LogP contribution in [-0.2, 0) is 0 Å². The summed E-state index contributed by atoms with van der Waals surface area (Å²) in [5.41, 5.74) is 1.90. The van der Waals surface area contributed by atoms with Gasteiger partial charge in [-0.1, -0.05) is 12.1 Å². The van der Waals surface area contributed by atoms with Crippen LogP contribution >= 0.6 is 23.1 Å². The third kappa shape index (κ3) is 2.55. The number of hydrogen-bond donors (Lipinski definition) is 0. The number of benzene rings is 1. The number of carbonyl (C=O) groups is 1. The molecule has 0 N–H and O–H groups in total. The predicted octanol–water partition coefficient (Wildman–Crippen LogP) is 3.64. The predicted molar refractivity (Wildman–Crippen MR) is 83.5 cm³/mol. The molecule has 1 aromatic carbocycles. The highest BCUT2D eigenvalue weighted by atomic mass is 32.2. The zero-order chi connectivity index (χ0) is 13.9. The van der Waals surface area contributed by atoms with E-state index in [0.717, 1.165) is 29.2 Å². The maximum atomic E-state index is 12.5. The quantitative estimate of drug-likeness (QED) is 0.867. The van der Waals surface area contributed by atoms with Crippen molar-refractivity contribution >= 4 is 29.0 Å². The smallest absolute Gasteiger partial charge is 0.255 e. The van der Waals surface area contributed by atoms with Crippen LogP contribution in [0, 0.1) is 0 Å². The summed E-state index contributed by atoms with van der Waals surface area (Å²) in [5, 5.41) is 3.93. The van der Waals surface area contributed by atoms with Gasteiger partial charge in [0, 0.05) is 17.7 Å². The molecule has 1 aromatic heterocycles. The lowest BCUT2D eigenvalue weighted by molar-refractivity contribution is 0.0760. The largest absolute Gasteiger partial charge is 0.497 e. The minimum atomic E-state index is 0.0810. The lowest BCUT2D eigenvalue weighted by Crippen LogP contribution is -2.30. The van der Waals surface area contributed by atoms with E-state index in [1.807, 2.05) is 39.9 Å². The van der Waals surface area contributed by atoms with E-state index in [0.29, 0.717) is 0 Å². The molecule has 1 unspecified atom stereocenters. The standard InChI is InChI=1S/C15H15NO2S2/c1-18-13-4-2-3-11(9-13)15-16(6-8-20-15)14(17)12-5-7-19-10-12/h2-5,7,9-10,15H,6,8H2,1H3. The summed E-state index contributed by atoms with van der Waals surface area (Å²) in [7, 11) is 1.66. The number of amides is 1. The molecule has 20 heavy (non-hydrogen) atoms. The van der Waals surface area contributed by atoms with E-state index in [1.54, 1.807) is 30.2 Å². The summed E-state index contributed by atoms with van der Waals surface area (Å²) in [4.78, 5) is 14.5. The van der Waals surface area contributed by atoms with Gasteiger partial charge in [-0.25, -0.2) is 0 Å². The Labute approximate surface area is 126 Å². The first-order valence-corrected chi connectivity index (χ1v) is 8.37. The number of rotatable bonds is 3. The number of thiophene rings is 1. The van der Waals surface area contributed by atoms with Crippen LogP contribution in [0.4, 0.5) is 0 Å². The van der Waals surface area contributed by atoms with Crippen molar-refractivity contribution in [2.45, 2.75) is 5.37 Å². The first-order chi connectivity index (χ1) is 9.79. The summed E-state index contributed by atoms with van der Waals surface area (Å²) >= 11 is 3.36. The van der Waals surface area contributed by atoms with E-state index in [9.17, 15) is 4.79 Å². The van der Waals surface area contributed by atoms with Crippen LogP contribution < -0.4 is 4.74 Å². The van der Waals surface area contributed by atoms with E-state index in [-0.39, 0.29) is 11.3 Å². The molecule has 5 heteroatoms. The first-order valence-electron chi connectivity index (χ1n) is 6.38. The number of ether oxygens (including phenoxy) is 1. The third-order valence-corrected chi connectivity index (χ3v) is 5.24. The van der Waals surface area contributed by atoms with Gasteiger partial charge < -0.3 is 9.64 Å². The molecule has 0 saturated carbocycles. The van der Waals surface area contributed by atoms with Crippen LogP contribution in [0.5, 0.6) is 5.75 Å². The summed E-state index contributed by atoms with van der Waals surface area (Å²) in [6.45, 7) is 0.793. The fourth-order valence-corrected chi connectivity index (χ4v) is 4.18. The molecule has 2 aromatic rings. The van der Waals surface area contributed by atoms with Gasteiger partial charge in [0.1, 0.15) is 11.1 Å². The zero-order valence-electron chi connectivity index (χ0n) is 11.1. The third-order valence-electron chi connectivity index (χ3n) is 3.30. The van der Waals surface area contributed by atoms with Gasteiger partial charge in [0.25, 0.3) is 5.91 Å². The molecule has 0 bridgehead atoms. The molecule has 1 atom stereocenters. The zero-order valence-corrected chi connectivity index (χ0v) is 12.7. The molecular weight excluding hydrogens is 290 g/mol. The Morgan fingerprint density at radius 1 is 1.40 bits per heavy atom. The summed E-state index contributed by atoms with van der Waals surface area (Å²) < 4.78 is 5.27. The van der Waals surface area contributed by atoms with Gasteiger partial charge >= 0.3 is 0 Å². The van der Waals surface area contributed by atoms with Gasteiger partial charge in [-0.15, -0.1) is 11.8 Å². The van der Waals surface area contributed by atoms with Crippen molar-refractivity contribution in [3.8, 4) is 5.75 Å². The van der Waals surface area contributed by atoms with Crippen molar-refractivity contribution in [3.05, 3.63) is 52.2 Å². The Hall–Kier alpha value is -1.46. The second kappa shape index (κ2) is 5.89. The van der Waals surface area contributed by atoms with Crippen LogP contribution in [0.25, 0.3) is 0 Å². The molecule has 0 aliphatic carbocycles. The van der Waals surface area contributed by atoms with Gasteiger partial charge in [0.05, 0.1) is 12.7 Å². The Morgan fingerprint density at radius 2 is 2.30 bits per heavy atom. The normalized spacial score (nSPS) is 18.2. The number of thioether (sulfide) groups is 1. The van der Waals surface area contributed by atoms with Gasteiger partial charge in [-0.2, -0.15) is 11.3 Å². The highest BCUT2D eigenvalue weighted by molar-refractivity contribution is 7.99. The molecule has 0 radical (unpaired) electrons. The van der Waals surface area contributed by atoms with Crippen LogP contribution in [0.1, 0.15) is 21.3 Å². The van der Waals surface area contributed by atoms with Gasteiger partial charge in [-0.3, -0.25) is 4.79 Å². The maximum Gasteiger partial charge on any atom is 0.255 e. The highest BCUT2D eigenvalue weighted by Gasteiger charge is 2.31. The summed E-state index contributed by atoms with van der Waals surface area (Å²) in [5.74, 6) is 1.92. The molecule has 3 rings (SSSR count). The topological polar surface area (TPSA) is 29.5 Å². The molecule has 1 saturated heterocycles. The molecule has 1 aliphatic heterocycles. The molecule has 1 amide bonds. The van der Waals surface area contributed by atoms with Crippen LogP contribution in [-0.4, -0.2) is 30.2 Å². The molecule has 1 aliphatic rings. The van der Waals surface area contributed by atoms with Crippen molar-refractivity contribution in [2.24, 2.45) is 0 Å². The van der Waals surface area contributed by atoms with E-state index < -0.39 is 0 Å². The lowest BCUT2D eigenvalue weighted by atomic mass is 10.2. The number of carbonyl (C=O) groups excluding carboxylic acids is 1. The first kappa shape index (κ1) is 13.5. The van der Waals surface area contributed by atoms with Crippen molar-refractivity contribution in [2.75, 3.05) is 19.4 Å². The summed E-state index contributed by atoms with van der Waals surface area (Å²) in [6, 6.07) is 9.85. The van der Waals surface area contributed by atoms with Crippen molar-refractivity contribution in [1.82, 2.24) is 4.90 Å². The van der Waals surface area contributed by atoms with Crippen LogP contribution in [0.15, 0.2) is 41.1 Å². The van der Waals surface area contributed by atoms with Crippen LogP contribution in [0.3, 0.4) is 0 Å². The minimum Gasteiger partial charge on any atom is -0.497 e. The second-order valence-electron chi connectivity index (χ2n) is 4.51. The average Bonchev–Trinajstić information content (AvgIpc) is 3.17. The number of nitrogens with zero attached hydrogens (tertiary/aromatic N) is 1. The Morgan fingerprint density at radius 3 is 3.05 bits per heavy atom. The van der Waals surface area contributed by atoms with E-state index in [1.165, 1.54) is 0 Å². The van der Waals surface area contributed by atoms with Crippen molar-refractivity contribution < 1.29 is 9.53 Å². The monoisotopic (exact) mass is 305 g/mol. The highest BCUT2D eigenvalue weighted by Crippen LogP contribution is 2.39. The fourth-order valence-electron chi connectivity index (χ4n) is 2.30. The van der Waals surface area contributed by atoms with Crippen molar-refractivity contribution in [1.29, 1.82) is 0 Å². The van der Waals surface area contributed by atoms with Gasteiger partial charge in [-0.05, 0) is 29.1 Å². The Bertz CT molecular complexity index is 598. The second-order valence-corrected chi connectivity index (χ2v) is 6.48. The Balaban J connectivity index is 1.86. The minimum absolute atomic E-state index is 0.0810. The van der Waals surface area contributed by atoms with E-state index in [4.69, 9.17) is 4.74 Å². The maximum absolute atomic E-state index is 12.5. The Kier molecular flexibility index (Phi) is 3.98. The van der Waals surface area contributed by atoms with E-state index >= 15 is 0 Å². The van der Waals surface area contributed by atoms with Gasteiger partial charge in [0.15, 0.2) is 0 Å². The molecular formula is C15H15NO2S2. The fraction of sp³-hybridized carbons (Fsp3) is 0.267. The van der Waals surface area contributed by atoms with Gasteiger partial charge in [0.2, 0.25) is 0 Å². The molecule has 0 spiro atoms. The molecule has 3 nitrogen and oxygen atoms in total. The average molecular weight is 305 g/mol. The van der Waals surface area contributed by atoms with Crippen LogP contribution in [0.2, 0.25) is 0 Å². The molecule has 104 valence electrons. The van der Waals surface area contributed by atoms with Crippen molar-refractivity contribution in [3.63, 3.8) is 0 Å². The summed E-state index contributed by atoms with van der Waals surface area (Å²) in [6.07, 6.45) is 0.